The van der Waals surface area contributed by atoms with Gasteiger partial charge in [-0.25, -0.2) is 0 Å². The maximum atomic E-state index is 10.5. The fourth-order valence-corrected chi connectivity index (χ4v) is 0.890. The van der Waals surface area contributed by atoms with Crippen molar-refractivity contribution in [1.82, 2.24) is 10.2 Å². The summed E-state index contributed by atoms with van der Waals surface area (Å²) in [6.07, 6.45) is 1.66. The molecule has 3 heteroatoms. The van der Waals surface area contributed by atoms with Gasteiger partial charge in [-0.3, -0.25) is 0 Å². The molecule has 0 atom stereocenters. The minimum atomic E-state index is 0.282. The van der Waals surface area contributed by atoms with Crippen molar-refractivity contribution in [2.24, 2.45) is 0 Å². The SMILES string of the molecule is CC(=O)CCCNCCN(C)C. The molecule has 0 aromatic carbocycles. The molecule has 0 aliphatic rings. The number of likely N-dealkylation sites (N-methyl/N-ethyl adjacent to an activating group) is 1. The summed E-state index contributed by atoms with van der Waals surface area (Å²) < 4.78 is 0. The van der Waals surface area contributed by atoms with Gasteiger partial charge in [0.1, 0.15) is 5.78 Å². The number of nitrogens with one attached hydrogen (secondary N) is 1. The van der Waals surface area contributed by atoms with Crippen LogP contribution in [0.15, 0.2) is 0 Å². The largest absolute Gasteiger partial charge is 0.315 e. The molecule has 0 saturated carbocycles. The van der Waals surface area contributed by atoms with Crippen molar-refractivity contribution < 1.29 is 4.79 Å². The Bertz CT molecular complexity index is 124. The zero-order valence-corrected chi connectivity index (χ0v) is 8.39. The minimum Gasteiger partial charge on any atom is -0.315 e. The van der Waals surface area contributed by atoms with Crippen molar-refractivity contribution in [2.45, 2.75) is 19.8 Å². The first kappa shape index (κ1) is 11.6. The second-order valence-corrected chi connectivity index (χ2v) is 3.36. The van der Waals surface area contributed by atoms with E-state index < -0.39 is 0 Å². The predicted octanol–water partition coefficient (Wildman–Crippen LogP) is 0.507. The van der Waals surface area contributed by atoms with Crippen LogP contribution < -0.4 is 5.32 Å². The van der Waals surface area contributed by atoms with Crippen molar-refractivity contribution >= 4 is 5.78 Å². The zero-order chi connectivity index (χ0) is 9.40. The van der Waals surface area contributed by atoms with Crippen LogP contribution in [0.1, 0.15) is 19.8 Å². The summed E-state index contributed by atoms with van der Waals surface area (Å²) in [4.78, 5) is 12.7. The number of Topliss-reactive ketones (excluding diaryl/α,β-unsaturated/α-hetero) is 1. The Morgan fingerprint density at radius 3 is 2.50 bits per heavy atom. The highest BCUT2D eigenvalue weighted by Gasteiger charge is 1.93. The van der Waals surface area contributed by atoms with Crippen molar-refractivity contribution in [3.05, 3.63) is 0 Å². The van der Waals surface area contributed by atoms with E-state index in [-0.39, 0.29) is 5.78 Å². The minimum absolute atomic E-state index is 0.282. The third-order valence-corrected chi connectivity index (χ3v) is 1.62. The summed E-state index contributed by atoms with van der Waals surface area (Å²) in [5.41, 5.74) is 0. The number of carbonyl (C=O) groups is 1. The monoisotopic (exact) mass is 172 g/mol. The normalized spacial score (nSPS) is 10.7. The molecular weight excluding hydrogens is 152 g/mol. The highest BCUT2D eigenvalue weighted by Crippen LogP contribution is 1.87. The van der Waals surface area contributed by atoms with Crippen LogP contribution >= 0.6 is 0 Å². The summed E-state index contributed by atoms with van der Waals surface area (Å²) in [5.74, 6) is 0.282. The first-order valence-electron chi connectivity index (χ1n) is 4.48. The Morgan fingerprint density at radius 2 is 2.00 bits per heavy atom. The molecule has 0 aliphatic carbocycles. The summed E-state index contributed by atoms with van der Waals surface area (Å²) in [7, 11) is 4.11. The van der Waals surface area contributed by atoms with Crippen LogP contribution in [-0.2, 0) is 4.79 Å². The number of hydrogen-bond donors (Lipinski definition) is 1. The third-order valence-electron chi connectivity index (χ3n) is 1.62. The molecule has 1 N–H and O–H groups in total. The molecule has 0 amide bonds. The Hall–Kier alpha value is -0.410. The molecule has 0 saturated heterocycles. The van der Waals surface area contributed by atoms with Crippen LogP contribution in [0.3, 0.4) is 0 Å². The van der Waals surface area contributed by atoms with Crippen molar-refractivity contribution in [1.29, 1.82) is 0 Å². The van der Waals surface area contributed by atoms with Crippen LogP contribution in [0.5, 0.6) is 0 Å². The van der Waals surface area contributed by atoms with E-state index in [9.17, 15) is 4.79 Å². The summed E-state index contributed by atoms with van der Waals surface area (Å²) in [6, 6.07) is 0. The summed E-state index contributed by atoms with van der Waals surface area (Å²) in [6.45, 7) is 4.65. The molecular formula is C9H20N2O. The van der Waals surface area contributed by atoms with E-state index in [4.69, 9.17) is 0 Å². The van der Waals surface area contributed by atoms with Crippen LogP contribution in [-0.4, -0.2) is 44.4 Å². The average Bonchev–Trinajstić information content (AvgIpc) is 1.95. The van der Waals surface area contributed by atoms with E-state index in [2.05, 4.69) is 24.3 Å². The lowest BCUT2D eigenvalue weighted by atomic mass is 10.2. The van der Waals surface area contributed by atoms with Gasteiger partial charge in [0.05, 0.1) is 0 Å². The predicted molar refractivity (Wildman–Crippen MR) is 51.3 cm³/mol. The van der Waals surface area contributed by atoms with Crippen LogP contribution in [0, 0.1) is 0 Å². The molecule has 0 fully saturated rings. The topological polar surface area (TPSA) is 32.3 Å². The van der Waals surface area contributed by atoms with Gasteiger partial charge in [0, 0.05) is 19.5 Å². The Kier molecular flexibility index (Phi) is 7.00. The molecule has 0 heterocycles. The van der Waals surface area contributed by atoms with Gasteiger partial charge < -0.3 is 15.0 Å². The van der Waals surface area contributed by atoms with E-state index >= 15 is 0 Å². The Morgan fingerprint density at radius 1 is 1.33 bits per heavy atom. The van der Waals surface area contributed by atoms with Gasteiger partial charge >= 0.3 is 0 Å². The van der Waals surface area contributed by atoms with Crippen LogP contribution in [0.4, 0.5) is 0 Å². The zero-order valence-electron chi connectivity index (χ0n) is 8.39. The van der Waals surface area contributed by atoms with Crippen molar-refractivity contribution in [3.63, 3.8) is 0 Å². The lowest BCUT2D eigenvalue weighted by Gasteiger charge is -2.09. The van der Waals surface area contributed by atoms with Gasteiger partial charge in [0.25, 0.3) is 0 Å². The molecule has 3 nitrogen and oxygen atoms in total. The quantitative estimate of drug-likeness (QED) is 0.568. The summed E-state index contributed by atoms with van der Waals surface area (Å²) in [5, 5.41) is 3.28. The van der Waals surface area contributed by atoms with Gasteiger partial charge in [-0.05, 0) is 34.0 Å². The van der Waals surface area contributed by atoms with Gasteiger partial charge in [-0.2, -0.15) is 0 Å². The highest BCUT2D eigenvalue weighted by molar-refractivity contribution is 5.75. The molecule has 0 aromatic rings. The number of ketones is 1. The number of hydrogen-bond acceptors (Lipinski definition) is 3. The molecule has 0 radical (unpaired) electrons. The number of nitrogens with zero attached hydrogens (tertiary/aromatic N) is 1. The molecule has 12 heavy (non-hydrogen) atoms. The van der Waals surface area contributed by atoms with Crippen molar-refractivity contribution in [3.8, 4) is 0 Å². The van der Waals surface area contributed by atoms with E-state index in [0.29, 0.717) is 6.42 Å². The molecule has 0 bridgehead atoms. The lowest BCUT2D eigenvalue weighted by Crippen LogP contribution is -2.27. The average molecular weight is 172 g/mol. The lowest BCUT2D eigenvalue weighted by molar-refractivity contribution is -0.117. The first-order chi connectivity index (χ1) is 5.63. The van der Waals surface area contributed by atoms with Gasteiger partial charge in [0.2, 0.25) is 0 Å². The first-order valence-corrected chi connectivity index (χ1v) is 4.48. The molecule has 72 valence electrons. The van der Waals surface area contributed by atoms with Crippen LogP contribution in [0.25, 0.3) is 0 Å². The second-order valence-electron chi connectivity index (χ2n) is 3.36. The van der Waals surface area contributed by atoms with E-state index in [1.165, 1.54) is 0 Å². The Balaban J connectivity index is 2.96. The fraction of sp³-hybridized carbons (Fsp3) is 0.889. The van der Waals surface area contributed by atoms with Crippen LogP contribution in [0.2, 0.25) is 0 Å². The van der Waals surface area contributed by atoms with Gasteiger partial charge in [0.15, 0.2) is 0 Å². The smallest absolute Gasteiger partial charge is 0.129 e. The van der Waals surface area contributed by atoms with Crippen molar-refractivity contribution in [2.75, 3.05) is 33.7 Å². The summed E-state index contributed by atoms with van der Waals surface area (Å²) >= 11 is 0. The van der Waals surface area contributed by atoms with Gasteiger partial charge in [-0.15, -0.1) is 0 Å². The highest BCUT2D eigenvalue weighted by atomic mass is 16.1. The maximum Gasteiger partial charge on any atom is 0.129 e. The molecule has 0 aromatic heterocycles. The molecule has 0 rings (SSSR count). The molecule has 0 unspecified atom stereocenters. The van der Waals surface area contributed by atoms with Gasteiger partial charge in [-0.1, -0.05) is 0 Å². The second kappa shape index (κ2) is 7.25. The standard InChI is InChI=1S/C9H20N2O/c1-9(12)5-4-6-10-7-8-11(2)3/h10H,4-8H2,1-3H3. The third kappa shape index (κ3) is 9.59. The number of rotatable bonds is 7. The molecule has 0 aliphatic heterocycles. The maximum absolute atomic E-state index is 10.5. The molecule has 0 spiro atoms. The Labute approximate surface area is 75.1 Å². The van der Waals surface area contributed by atoms with E-state index in [1.54, 1.807) is 6.92 Å². The van der Waals surface area contributed by atoms with E-state index in [0.717, 1.165) is 26.1 Å². The number of carbonyl (C=O) groups excluding carboxylic acids is 1. The van der Waals surface area contributed by atoms with E-state index in [1.807, 2.05) is 0 Å². The fourth-order valence-electron chi connectivity index (χ4n) is 0.890.